The summed E-state index contributed by atoms with van der Waals surface area (Å²) >= 11 is 0. The molecule has 1 aliphatic heterocycles. The maximum Gasteiger partial charge on any atom is 0.302 e. The van der Waals surface area contributed by atoms with Crippen molar-refractivity contribution in [2.24, 2.45) is 0 Å². The normalized spacial score (nSPS) is 22.8. The molecule has 1 aliphatic rings. The van der Waals surface area contributed by atoms with Gasteiger partial charge in [0.1, 0.15) is 0 Å². The second-order valence-corrected chi connectivity index (χ2v) is 7.14. The minimum absolute atomic E-state index is 0.121. The molecule has 10 heteroatoms. The third-order valence-corrected chi connectivity index (χ3v) is 5.86. The van der Waals surface area contributed by atoms with Gasteiger partial charge in [-0.3, -0.25) is 24.7 Å². The van der Waals surface area contributed by atoms with Crippen molar-refractivity contribution in [3.63, 3.8) is 0 Å². The fraction of sp³-hybridized carbons (Fsp3) is 0.417. The Balaban J connectivity index is 2.34. The second kappa shape index (κ2) is 6.97. The van der Waals surface area contributed by atoms with E-state index in [9.17, 15) is 19.5 Å². The number of rotatable bonds is 4. The Labute approximate surface area is 126 Å². The van der Waals surface area contributed by atoms with Crippen LogP contribution in [0.25, 0.3) is 0 Å². The lowest BCUT2D eigenvalue weighted by Gasteiger charge is -2.28. The number of nitro benzene ring substituents is 1. The standard InChI is InChI=1S/C12H16N3O6P/c16-12(13-17)9-14-7-1-2-8-21-22(14,20)11-5-3-10(4-6-11)15(18)19/h3-6,17H,1-2,7-9H2,(H,13,16). The number of benzene rings is 1. The van der Waals surface area contributed by atoms with E-state index in [2.05, 4.69) is 0 Å². The van der Waals surface area contributed by atoms with Gasteiger partial charge in [-0.25, -0.2) is 10.2 Å². The highest BCUT2D eigenvalue weighted by molar-refractivity contribution is 7.64. The van der Waals surface area contributed by atoms with Gasteiger partial charge in [0.2, 0.25) is 0 Å². The number of hydrogen-bond acceptors (Lipinski definition) is 6. The van der Waals surface area contributed by atoms with Crippen LogP contribution >= 0.6 is 7.52 Å². The molecule has 1 amide bonds. The first-order valence-corrected chi connectivity index (χ1v) is 8.23. The number of non-ortho nitro benzene ring substituents is 1. The van der Waals surface area contributed by atoms with Crippen molar-refractivity contribution in [2.75, 3.05) is 19.7 Å². The van der Waals surface area contributed by atoms with Gasteiger partial charge in [0.15, 0.2) is 0 Å². The zero-order valence-electron chi connectivity index (χ0n) is 11.7. The molecule has 22 heavy (non-hydrogen) atoms. The van der Waals surface area contributed by atoms with Crippen LogP contribution < -0.4 is 10.8 Å². The Bertz CT molecular complexity index is 605. The van der Waals surface area contributed by atoms with Gasteiger partial charge in [0.05, 0.1) is 23.4 Å². The van der Waals surface area contributed by atoms with Crippen LogP contribution in [-0.4, -0.2) is 40.4 Å². The molecule has 1 aromatic carbocycles. The Morgan fingerprint density at radius 1 is 1.41 bits per heavy atom. The molecular formula is C12H16N3O6P. The summed E-state index contributed by atoms with van der Waals surface area (Å²) in [5, 5.41) is 19.6. The quantitative estimate of drug-likeness (QED) is 0.366. The van der Waals surface area contributed by atoms with Crippen molar-refractivity contribution in [3.8, 4) is 0 Å². The largest absolute Gasteiger partial charge is 0.314 e. The molecule has 2 rings (SSSR count). The zero-order chi connectivity index (χ0) is 16.2. The van der Waals surface area contributed by atoms with Crippen molar-refractivity contribution >= 4 is 24.4 Å². The number of hydrogen-bond donors (Lipinski definition) is 2. The van der Waals surface area contributed by atoms with Gasteiger partial charge >= 0.3 is 7.52 Å². The fourth-order valence-corrected chi connectivity index (χ4v) is 4.43. The topological polar surface area (TPSA) is 122 Å². The van der Waals surface area contributed by atoms with E-state index in [1.165, 1.54) is 34.4 Å². The summed E-state index contributed by atoms with van der Waals surface area (Å²) in [6.45, 7) is 0.345. The third kappa shape index (κ3) is 3.50. The van der Waals surface area contributed by atoms with E-state index < -0.39 is 18.4 Å². The Morgan fingerprint density at radius 3 is 2.68 bits per heavy atom. The minimum atomic E-state index is -3.50. The van der Waals surface area contributed by atoms with Gasteiger partial charge in [-0.15, -0.1) is 0 Å². The molecule has 1 saturated heterocycles. The molecule has 1 heterocycles. The molecule has 1 aromatic rings. The number of nitrogens with one attached hydrogen (secondary N) is 1. The van der Waals surface area contributed by atoms with E-state index in [-0.39, 0.29) is 24.1 Å². The molecule has 1 unspecified atom stereocenters. The van der Waals surface area contributed by atoms with Crippen LogP contribution in [0.1, 0.15) is 12.8 Å². The molecule has 0 aromatic heterocycles. The van der Waals surface area contributed by atoms with Crippen LogP contribution in [0.5, 0.6) is 0 Å². The molecule has 0 aliphatic carbocycles. The molecule has 1 atom stereocenters. The van der Waals surface area contributed by atoms with Crippen LogP contribution in [0.3, 0.4) is 0 Å². The lowest BCUT2D eigenvalue weighted by atomic mass is 10.3. The number of hydroxylamine groups is 1. The predicted octanol–water partition coefficient (Wildman–Crippen LogP) is 1.03. The molecule has 1 fully saturated rings. The van der Waals surface area contributed by atoms with Crippen LogP contribution in [0.2, 0.25) is 0 Å². The predicted molar refractivity (Wildman–Crippen MR) is 77.0 cm³/mol. The summed E-state index contributed by atoms with van der Waals surface area (Å²) in [5.41, 5.74) is 1.38. The minimum Gasteiger partial charge on any atom is -0.314 e. The van der Waals surface area contributed by atoms with Crippen molar-refractivity contribution in [1.82, 2.24) is 10.2 Å². The van der Waals surface area contributed by atoms with Crippen LogP contribution in [0.4, 0.5) is 5.69 Å². The molecule has 0 saturated carbocycles. The van der Waals surface area contributed by atoms with Crippen LogP contribution in [0, 0.1) is 10.1 Å². The summed E-state index contributed by atoms with van der Waals surface area (Å²) in [6, 6.07) is 5.23. The van der Waals surface area contributed by atoms with Crippen molar-refractivity contribution in [1.29, 1.82) is 0 Å². The number of amides is 1. The van der Waals surface area contributed by atoms with Crippen LogP contribution in [-0.2, 0) is 13.9 Å². The highest BCUT2D eigenvalue weighted by atomic mass is 31.2. The van der Waals surface area contributed by atoms with Gasteiger partial charge < -0.3 is 4.52 Å². The first-order valence-electron chi connectivity index (χ1n) is 6.65. The lowest BCUT2D eigenvalue weighted by molar-refractivity contribution is -0.384. The van der Waals surface area contributed by atoms with E-state index in [1.807, 2.05) is 0 Å². The van der Waals surface area contributed by atoms with Gasteiger partial charge in [-0.2, -0.15) is 0 Å². The van der Waals surface area contributed by atoms with E-state index in [1.54, 1.807) is 0 Å². The first-order chi connectivity index (χ1) is 10.5. The number of nitro groups is 1. The summed E-state index contributed by atoms with van der Waals surface area (Å²) in [6.07, 6.45) is 1.38. The Kier molecular flexibility index (Phi) is 5.25. The average molecular weight is 329 g/mol. The zero-order valence-corrected chi connectivity index (χ0v) is 12.6. The maximum absolute atomic E-state index is 13.2. The SMILES string of the molecule is O=C(CN1CCCCOP1(=O)c1ccc([N+](=O)[O-])cc1)NO. The second-order valence-electron chi connectivity index (χ2n) is 4.76. The molecule has 0 radical (unpaired) electrons. The molecule has 2 N–H and O–H groups in total. The van der Waals surface area contributed by atoms with Gasteiger partial charge in [0, 0.05) is 18.7 Å². The van der Waals surface area contributed by atoms with E-state index in [0.717, 1.165) is 0 Å². The van der Waals surface area contributed by atoms with Gasteiger partial charge in [0.25, 0.3) is 11.6 Å². The fourth-order valence-electron chi connectivity index (χ4n) is 2.17. The lowest BCUT2D eigenvalue weighted by Crippen LogP contribution is -2.36. The molecule has 9 nitrogen and oxygen atoms in total. The van der Waals surface area contributed by atoms with Gasteiger partial charge in [-0.1, -0.05) is 0 Å². The van der Waals surface area contributed by atoms with E-state index >= 15 is 0 Å². The smallest absolute Gasteiger partial charge is 0.302 e. The molecule has 0 spiro atoms. The Hall–Kier alpha value is -1.80. The van der Waals surface area contributed by atoms with Crippen molar-refractivity contribution in [2.45, 2.75) is 12.8 Å². The van der Waals surface area contributed by atoms with Gasteiger partial charge in [-0.05, 0) is 25.0 Å². The number of carbonyl (C=O) groups is 1. The van der Waals surface area contributed by atoms with E-state index in [4.69, 9.17) is 9.73 Å². The van der Waals surface area contributed by atoms with Crippen molar-refractivity contribution < 1.29 is 24.0 Å². The third-order valence-electron chi connectivity index (χ3n) is 3.29. The Morgan fingerprint density at radius 2 is 2.09 bits per heavy atom. The number of nitrogens with zero attached hydrogens (tertiary/aromatic N) is 2. The summed E-state index contributed by atoms with van der Waals surface area (Å²) in [7, 11) is -3.50. The van der Waals surface area contributed by atoms with Crippen LogP contribution in [0.15, 0.2) is 24.3 Å². The highest BCUT2D eigenvalue weighted by Gasteiger charge is 2.37. The summed E-state index contributed by atoms with van der Waals surface area (Å²) in [4.78, 5) is 21.5. The monoisotopic (exact) mass is 329 g/mol. The van der Waals surface area contributed by atoms with Crippen molar-refractivity contribution in [3.05, 3.63) is 34.4 Å². The number of carbonyl (C=O) groups excluding carboxylic acids is 1. The average Bonchev–Trinajstić information content (AvgIpc) is 2.70. The molecule has 0 bridgehead atoms. The first kappa shape index (κ1) is 16.6. The highest BCUT2D eigenvalue weighted by Crippen LogP contribution is 2.51. The molecule has 120 valence electrons. The summed E-state index contributed by atoms with van der Waals surface area (Å²) < 4.78 is 20.0. The molecular weight excluding hydrogens is 313 g/mol. The summed E-state index contributed by atoms with van der Waals surface area (Å²) in [5.74, 6) is -0.701. The van der Waals surface area contributed by atoms with E-state index in [0.29, 0.717) is 19.4 Å². The maximum atomic E-state index is 13.2.